The molecule has 72 valence electrons. The largest absolute Gasteiger partial charge is 0.542 e. The third-order valence-corrected chi connectivity index (χ3v) is 5.20. The summed E-state index contributed by atoms with van der Waals surface area (Å²) in [6, 6.07) is 7.46. The minimum Gasteiger partial charge on any atom is -0.542 e. The van der Waals surface area contributed by atoms with Crippen molar-refractivity contribution in [3.63, 3.8) is 0 Å². The molecule has 0 N–H and O–H groups in total. The number of hydrogen-bond acceptors (Lipinski definition) is 1. The van der Waals surface area contributed by atoms with Crippen LogP contribution in [0.25, 0.3) is 0 Å². The first-order valence-electron chi connectivity index (χ1n) is 4.05. The maximum atomic E-state index is 5.94. The second-order valence-electron chi connectivity index (χ2n) is 3.43. The Labute approximate surface area is 89.8 Å². The molecular formula is C9H12Cl2OSi. The third-order valence-electron chi connectivity index (χ3n) is 1.54. The Bertz CT molecular complexity index is 289. The van der Waals surface area contributed by atoms with E-state index < -0.39 is 8.32 Å². The van der Waals surface area contributed by atoms with Crippen LogP contribution in [0.15, 0.2) is 24.3 Å². The summed E-state index contributed by atoms with van der Waals surface area (Å²) in [5, 5.41) is 0.646. The first-order valence-corrected chi connectivity index (χ1v) is 8.07. The van der Waals surface area contributed by atoms with Gasteiger partial charge in [0.05, 0.1) is 10.5 Å². The molecule has 0 spiro atoms. The fraction of sp³-hybridized carbons (Fsp3) is 0.333. The molecule has 0 aromatic heterocycles. The predicted octanol–water partition coefficient (Wildman–Crippen LogP) is 3.70. The number of hydrogen-bond donors (Lipinski definition) is 0. The summed E-state index contributed by atoms with van der Waals surface area (Å²) in [6.07, 6.45) is 0. The molecule has 0 heterocycles. The molecule has 4 heteroatoms. The molecule has 0 saturated carbocycles. The molecule has 13 heavy (non-hydrogen) atoms. The second-order valence-corrected chi connectivity index (χ2v) is 8.63. The van der Waals surface area contributed by atoms with Crippen LogP contribution in [0.1, 0.15) is 0 Å². The molecule has 0 saturated heterocycles. The molecule has 0 bridgehead atoms. The highest BCUT2D eigenvalue weighted by Gasteiger charge is 2.23. The van der Waals surface area contributed by atoms with E-state index in [0.717, 1.165) is 5.75 Å². The lowest BCUT2D eigenvalue weighted by Crippen LogP contribution is -2.36. The van der Waals surface area contributed by atoms with Crippen molar-refractivity contribution < 1.29 is 4.43 Å². The van der Waals surface area contributed by atoms with Crippen LogP contribution < -0.4 is 4.43 Å². The number of benzene rings is 1. The lowest BCUT2D eigenvalue weighted by atomic mass is 10.3. The third kappa shape index (κ3) is 3.22. The van der Waals surface area contributed by atoms with Crippen molar-refractivity contribution in [2.75, 3.05) is 5.50 Å². The molecule has 0 aliphatic rings. The molecule has 0 radical (unpaired) electrons. The molecule has 0 atom stereocenters. The van der Waals surface area contributed by atoms with E-state index in [1.54, 1.807) is 0 Å². The van der Waals surface area contributed by atoms with Gasteiger partial charge in [0.2, 0.25) is 0 Å². The molecule has 0 amide bonds. The number of halogens is 2. The Balaban J connectivity index is 2.80. The van der Waals surface area contributed by atoms with Crippen LogP contribution in [-0.4, -0.2) is 13.8 Å². The molecule has 1 nitrogen and oxygen atoms in total. The fourth-order valence-electron chi connectivity index (χ4n) is 0.852. The van der Waals surface area contributed by atoms with Crippen LogP contribution in [-0.2, 0) is 0 Å². The lowest BCUT2D eigenvalue weighted by molar-refractivity contribution is 0.556. The molecule has 0 aliphatic heterocycles. The van der Waals surface area contributed by atoms with Gasteiger partial charge < -0.3 is 4.43 Å². The van der Waals surface area contributed by atoms with Gasteiger partial charge >= 0.3 is 0 Å². The summed E-state index contributed by atoms with van der Waals surface area (Å²) >= 11 is 11.7. The zero-order valence-electron chi connectivity index (χ0n) is 7.68. The highest BCUT2D eigenvalue weighted by atomic mass is 35.5. The van der Waals surface area contributed by atoms with Crippen molar-refractivity contribution in [1.82, 2.24) is 0 Å². The Kier molecular flexibility index (Phi) is 3.65. The highest BCUT2D eigenvalue weighted by molar-refractivity contribution is 6.78. The van der Waals surface area contributed by atoms with Crippen molar-refractivity contribution in [1.29, 1.82) is 0 Å². The van der Waals surface area contributed by atoms with E-state index in [1.165, 1.54) is 0 Å². The highest BCUT2D eigenvalue weighted by Crippen LogP contribution is 2.26. The van der Waals surface area contributed by atoms with Gasteiger partial charge in [-0.15, -0.1) is 11.6 Å². The quantitative estimate of drug-likeness (QED) is 0.573. The summed E-state index contributed by atoms with van der Waals surface area (Å²) in [6.45, 7) is 4.12. The summed E-state index contributed by atoms with van der Waals surface area (Å²) in [5.74, 6) is 0.737. The van der Waals surface area contributed by atoms with Gasteiger partial charge in [-0.3, -0.25) is 0 Å². The molecule has 1 aromatic carbocycles. The second kappa shape index (κ2) is 4.36. The van der Waals surface area contributed by atoms with Crippen LogP contribution in [0.3, 0.4) is 0 Å². The van der Waals surface area contributed by atoms with E-state index >= 15 is 0 Å². The zero-order chi connectivity index (χ0) is 9.90. The van der Waals surface area contributed by atoms with E-state index in [1.807, 2.05) is 24.3 Å². The first-order chi connectivity index (χ1) is 6.05. The van der Waals surface area contributed by atoms with Crippen LogP contribution >= 0.6 is 23.2 Å². The van der Waals surface area contributed by atoms with Crippen molar-refractivity contribution in [3.05, 3.63) is 29.3 Å². The molecule has 1 aromatic rings. The topological polar surface area (TPSA) is 9.23 Å². The monoisotopic (exact) mass is 234 g/mol. The van der Waals surface area contributed by atoms with E-state index in [-0.39, 0.29) is 0 Å². The Hall–Kier alpha value is -0.183. The normalized spacial score (nSPS) is 11.4. The fourth-order valence-corrected chi connectivity index (χ4v) is 2.08. The molecule has 1 rings (SSSR count). The van der Waals surface area contributed by atoms with Gasteiger partial charge in [-0.05, 0) is 25.2 Å². The molecule has 0 aliphatic carbocycles. The predicted molar refractivity (Wildman–Crippen MR) is 60.3 cm³/mol. The van der Waals surface area contributed by atoms with Gasteiger partial charge in [0.1, 0.15) is 5.75 Å². The maximum Gasteiger partial charge on any atom is 0.259 e. The maximum absolute atomic E-state index is 5.94. The van der Waals surface area contributed by atoms with Gasteiger partial charge in [-0.25, -0.2) is 0 Å². The molecule has 0 fully saturated rings. The standard InChI is InChI=1S/C9H12Cl2OSi/c1-13(2,7-10)12-9-6-4-3-5-8(9)11/h3-6H,7H2,1-2H3. The van der Waals surface area contributed by atoms with E-state index in [0.29, 0.717) is 10.5 Å². The van der Waals surface area contributed by atoms with Gasteiger partial charge in [0.25, 0.3) is 8.32 Å². The number of alkyl halides is 1. The van der Waals surface area contributed by atoms with E-state index in [2.05, 4.69) is 13.1 Å². The molecular weight excluding hydrogens is 223 g/mol. The zero-order valence-corrected chi connectivity index (χ0v) is 10.2. The average molecular weight is 235 g/mol. The summed E-state index contributed by atoms with van der Waals surface area (Å²) in [5.41, 5.74) is 0.568. The van der Waals surface area contributed by atoms with Crippen molar-refractivity contribution in [3.8, 4) is 5.75 Å². The minimum atomic E-state index is -1.77. The minimum absolute atomic E-state index is 0.568. The Morgan fingerprint density at radius 1 is 1.31 bits per heavy atom. The van der Waals surface area contributed by atoms with Crippen molar-refractivity contribution in [2.24, 2.45) is 0 Å². The van der Waals surface area contributed by atoms with Crippen LogP contribution in [0.4, 0.5) is 0 Å². The van der Waals surface area contributed by atoms with Crippen LogP contribution in [0.5, 0.6) is 5.75 Å². The number of para-hydroxylation sites is 1. The van der Waals surface area contributed by atoms with Gasteiger partial charge in [0, 0.05) is 0 Å². The lowest BCUT2D eigenvalue weighted by Gasteiger charge is -2.21. The SMILES string of the molecule is C[Si](C)(CCl)Oc1ccccc1Cl. The van der Waals surface area contributed by atoms with Crippen molar-refractivity contribution >= 4 is 31.5 Å². The average Bonchev–Trinajstić information content (AvgIpc) is 2.09. The Morgan fingerprint density at radius 2 is 1.92 bits per heavy atom. The Morgan fingerprint density at radius 3 is 2.46 bits per heavy atom. The first kappa shape index (κ1) is 10.9. The smallest absolute Gasteiger partial charge is 0.259 e. The van der Waals surface area contributed by atoms with E-state index in [9.17, 15) is 0 Å². The van der Waals surface area contributed by atoms with Crippen LogP contribution in [0, 0.1) is 0 Å². The van der Waals surface area contributed by atoms with E-state index in [4.69, 9.17) is 27.6 Å². The van der Waals surface area contributed by atoms with Gasteiger partial charge in [-0.1, -0.05) is 23.7 Å². The van der Waals surface area contributed by atoms with Crippen molar-refractivity contribution in [2.45, 2.75) is 13.1 Å². The van der Waals surface area contributed by atoms with Crippen LogP contribution in [0.2, 0.25) is 18.1 Å². The van der Waals surface area contributed by atoms with Gasteiger partial charge in [-0.2, -0.15) is 0 Å². The van der Waals surface area contributed by atoms with Gasteiger partial charge in [0.15, 0.2) is 0 Å². The summed E-state index contributed by atoms with van der Waals surface area (Å²) in [4.78, 5) is 0. The summed E-state index contributed by atoms with van der Waals surface area (Å²) in [7, 11) is -1.77. The molecule has 0 unspecified atom stereocenters. The number of rotatable bonds is 3. The summed E-state index contributed by atoms with van der Waals surface area (Å²) < 4.78 is 5.76.